The van der Waals surface area contributed by atoms with E-state index < -0.39 is 6.10 Å². The summed E-state index contributed by atoms with van der Waals surface area (Å²) in [5, 5.41) is 20.0. The summed E-state index contributed by atoms with van der Waals surface area (Å²) >= 11 is 0. The summed E-state index contributed by atoms with van der Waals surface area (Å²) in [6, 6.07) is 8.65. The molecule has 4 rings (SSSR count). The summed E-state index contributed by atoms with van der Waals surface area (Å²) in [5.41, 5.74) is 7.28. The van der Waals surface area contributed by atoms with Crippen LogP contribution in [-0.2, 0) is 4.79 Å². The van der Waals surface area contributed by atoms with Gasteiger partial charge < -0.3 is 25.7 Å². The number of anilines is 1. The Morgan fingerprint density at radius 3 is 2.52 bits per heavy atom. The van der Waals surface area contributed by atoms with Crippen LogP contribution in [0.15, 0.2) is 30.3 Å². The molecular formula is C21H27N5O3. The molecule has 2 fully saturated rings. The number of phenols is 1. The van der Waals surface area contributed by atoms with Gasteiger partial charge in [-0.25, -0.2) is 9.97 Å². The second-order valence-corrected chi connectivity index (χ2v) is 7.92. The average molecular weight is 397 g/mol. The molecule has 0 radical (unpaired) electrons. The number of para-hydroxylation sites is 1. The lowest BCUT2D eigenvalue weighted by Gasteiger charge is -2.36. The molecule has 8 heteroatoms. The van der Waals surface area contributed by atoms with E-state index in [1.165, 1.54) is 0 Å². The molecule has 1 amide bonds. The van der Waals surface area contributed by atoms with E-state index in [4.69, 9.17) is 5.73 Å². The van der Waals surface area contributed by atoms with Crippen LogP contribution < -0.4 is 10.6 Å². The molecule has 2 heterocycles. The van der Waals surface area contributed by atoms with Gasteiger partial charge in [0.15, 0.2) is 5.82 Å². The predicted octanol–water partition coefficient (Wildman–Crippen LogP) is 0.904. The van der Waals surface area contributed by atoms with Crippen molar-refractivity contribution in [2.24, 2.45) is 11.7 Å². The molecule has 0 bridgehead atoms. The van der Waals surface area contributed by atoms with Crippen LogP contribution in [0.1, 0.15) is 18.5 Å². The standard InChI is InChI=1S/C21H27N5O3/c1-13-10-19(24-20(23-13)15-4-2-3-5-17(15)27)25-6-8-26(9-7-25)21(29)14-11-16(22)18(28)12-14/h2-5,10,14,16,18,27-28H,6-9,11-12,22H2,1H3/t14-,16+,18+/m0/s1. The van der Waals surface area contributed by atoms with Gasteiger partial charge in [-0.2, -0.15) is 0 Å². The number of amides is 1. The van der Waals surface area contributed by atoms with Crippen LogP contribution in [0.25, 0.3) is 11.4 Å². The number of aryl methyl sites for hydroxylation is 1. The molecule has 0 unspecified atom stereocenters. The van der Waals surface area contributed by atoms with E-state index in [1.54, 1.807) is 18.2 Å². The first-order valence-electron chi connectivity index (χ1n) is 10.0. The van der Waals surface area contributed by atoms with Crippen LogP contribution in [0.4, 0.5) is 5.82 Å². The monoisotopic (exact) mass is 397 g/mol. The number of aromatic hydroxyl groups is 1. The summed E-state index contributed by atoms with van der Waals surface area (Å²) in [6.45, 7) is 4.46. The van der Waals surface area contributed by atoms with Crippen molar-refractivity contribution in [2.75, 3.05) is 31.1 Å². The molecule has 2 aliphatic rings. The van der Waals surface area contributed by atoms with E-state index in [0.717, 1.165) is 11.5 Å². The molecule has 0 spiro atoms. The van der Waals surface area contributed by atoms with Gasteiger partial charge in [-0.3, -0.25) is 4.79 Å². The highest BCUT2D eigenvalue weighted by atomic mass is 16.3. The van der Waals surface area contributed by atoms with E-state index in [2.05, 4.69) is 14.9 Å². The minimum Gasteiger partial charge on any atom is -0.507 e. The SMILES string of the molecule is Cc1cc(N2CCN(C(=O)[C@H]3C[C@@H](N)[C@H](O)C3)CC2)nc(-c2ccccc2O)n1. The van der Waals surface area contributed by atoms with Gasteiger partial charge in [0.25, 0.3) is 0 Å². The molecule has 1 aromatic carbocycles. The van der Waals surface area contributed by atoms with Gasteiger partial charge in [0.2, 0.25) is 5.91 Å². The molecular weight excluding hydrogens is 370 g/mol. The molecule has 154 valence electrons. The molecule has 2 aromatic rings. The summed E-state index contributed by atoms with van der Waals surface area (Å²) < 4.78 is 0. The number of benzene rings is 1. The van der Waals surface area contributed by atoms with Gasteiger partial charge in [0.1, 0.15) is 11.6 Å². The van der Waals surface area contributed by atoms with E-state index in [9.17, 15) is 15.0 Å². The second kappa shape index (κ2) is 7.96. The average Bonchev–Trinajstić information content (AvgIpc) is 3.06. The van der Waals surface area contributed by atoms with E-state index in [0.29, 0.717) is 50.4 Å². The predicted molar refractivity (Wildman–Crippen MR) is 109 cm³/mol. The third kappa shape index (κ3) is 4.04. The number of carbonyl (C=O) groups excluding carboxylic acids is 1. The van der Waals surface area contributed by atoms with Crippen LogP contribution in [0.5, 0.6) is 5.75 Å². The number of hydrogen-bond donors (Lipinski definition) is 3. The van der Waals surface area contributed by atoms with Gasteiger partial charge in [-0.15, -0.1) is 0 Å². The van der Waals surface area contributed by atoms with Gasteiger partial charge in [-0.1, -0.05) is 12.1 Å². The van der Waals surface area contributed by atoms with Crippen LogP contribution in [-0.4, -0.2) is 69.3 Å². The molecule has 1 aliphatic carbocycles. The minimum absolute atomic E-state index is 0.0883. The van der Waals surface area contributed by atoms with Crippen LogP contribution in [0.3, 0.4) is 0 Å². The van der Waals surface area contributed by atoms with Gasteiger partial charge in [0, 0.05) is 49.9 Å². The summed E-state index contributed by atoms with van der Waals surface area (Å²) in [7, 11) is 0. The smallest absolute Gasteiger partial charge is 0.225 e. The van der Waals surface area contributed by atoms with Crippen molar-refractivity contribution in [3.63, 3.8) is 0 Å². The van der Waals surface area contributed by atoms with Gasteiger partial charge >= 0.3 is 0 Å². The summed E-state index contributed by atoms with van der Waals surface area (Å²) in [4.78, 5) is 25.9. The fraction of sp³-hybridized carbons (Fsp3) is 0.476. The van der Waals surface area contributed by atoms with E-state index in [-0.39, 0.29) is 23.6 Å². The van der Waals surface area contributed by atoms with Crippen LogP contribution in [0.2, 0.25) is 0 Å². The zero-order chi connectivity index (χ0) is 20.5. The number of aliphatic hydroxyl groups excluding tert-OH is 1. The largest absolute Gasteiger partial charge is 0.507 e. The third-order valence-electron chi connectivity index (χ3n) is 5.83. The van der Waals surface area contributed by atoms with Crippen LogP contribution in [0, 0.1) is 12.8 Å². The maximum absolute atomic E-state index is 12.8. The summed E-state index contributed by atoms with van der Waals surface area (Å²) in [5.74, 6) is 1.34. The Balaban J connectivity index is 1.45. The normalized spacial score (nSPS) is 24.7. The quantitative estimate of drug-likeness (QED) is 0.705. The maximum Gasteiger partial charge on any atom is 0.225 e. The van der Waals surface area contributed by atoms with Crippen molar-refractivity contribution >= 4 is 11.7 Å². The Hall–Kier alpha value is -2.71. The Bertz CT molecular complexity index is 888. The number of aliphatic hydroxyl groups is 1. The molecule has 4 N–H and O–H groups in total. The number of aromatic nitrogens is 2. The van der Waals surface area contributed by atoms with Crippen molar-refractivity contribution < 1.29 is 15.0 Å². The number of nitrogens with zero attached hydrogens (tertiary/aromatic N) is 4. The van der Waals surface area contributed by atoms with Crippen molar-refractivity contribution in [1.29, 1.82) is 0 Å². The Morgan fingerprint density at radius 1 is 1.14 bits per heavy atom. The zero-order valence-electron chi connectivity index (χ0n) is 16.5. The number of hydrogen-bond acceptors (Lipinski definition) is 7. The Labute approximate surface area is 170 Å². The van der Waals surface area contributed by atoms with E-state index >= 15 is 0 Å². The lowest BCUT2D eigenvalue weighted by molar-refractivity contribution is -0.135. The highest BCUT2D eigenvalue weighted by Crippen LogP contribution is 2.29. The number of carbonyl (C=O) groups is 1. The van der Waals surface area contributed by atoms with Crippen molar-refractivity contribution in [3.05, 3.63) is 36.0 Å². The first-order valence-corrected chi connectivity index (χ1v) is 10.0. The maximum atomic E-state index is 12.8. The molecule has 1 saturated heterocycles. The van der Waals surface area contributed by atoms with Crippen molar-refractivity contribution in [2.45, 2.75) is 31.9 Å². The molecule has 1 aliphatic heterocycles. The number of phenolic OH excluding ortho intramolecular Hbond substituents is 1. The molecule has 29 heavy (non-hydrogen) atoms. The lowest BCUT2D eigenvalue weighted by atomic mass is 10.1. The number of nitrogens with two attached hydrogens (primary N) is 1. The number of rotatable bonds is 3. The Morgan fingerprint density at radius 2 is 1.86 bits per heavy atom. The molecule has 1 aromatic heterocycles. The fourth-order valence-corrected chi connectivity index (χ4v) is 4.16. The first-order chi connectivity index (χ1) is 13.9. The van der Waals surface area contributed by atoms with E-state index in [1.807, 2.05) is 24.0 Å². The highest BCUT2D eigenvalue weighted by molar-refractivity contribution is 5.79. The van der Waals surface area contributed by atoms with Gasteiger partial charge in [0.05, 0.1) is 11.7 Å². The van der Waals surface area contributed by atoms with Crippen LogP contribution >= 0.6 is 0 Å². The third-order valence-corrected chi connectivity index (χ3v) is 5.83. The highest BCUT2D eigenvalue weighted by Gasteiger charge is 2.37. The zero-order valence-corrected chi connectivity index (χ0v) is 16.5. The topological polar surface area (TPSA) is 116 Å². The van der Waals surface area contributed by atoms with Gasteiger partial charge in [-0.05, 0) is 31.9 Å². The fourth-order valence-electron chi connectivity index (χ4n) is 4.16. The molecule has 8 nitrogen and oxygen atoms in total. The lowest BCUT2D eigenvalue weighted by Crippen LogP contribution is -2.50. The Kier molecular flexibility index (Phi) is 5.38. The molecule has 3 atom stereocenters. The van der Waals surface area contributed by atoms with Crippen molar-refractivity contribution in [3.8, 4) is 17.1 Å². The minimum atomic E-state index is -0.581. The molecule has 1 saturated carbocycles. The van der Waals surface area contributed by atoms with Crippen molar-refractivity contribution in [1.82, 2.24) is 14.9 Å². The first kappa shape index (κ1) is 19.6. The summed E-state index contributed by atoms with van der Waals surface area (Å²) in [6.07, 6.45) is 0.423. The second-order valence-electron chi connectivity index (χ2n) is 7.92. The number of piperazine rings is 1.